The van der Waals surface area contributed by atoms with E-state index >= 15 is 0 Å². The van der Waals surface area contributed by atoms with E-state index in [1.54, 1.807) is 40.3 Å². The van der Waals surface area contributed by atoms with E-state index in [9.17, 15) is 4.79 Å². The highest BCUT2D eigenvalue weighted by Crippen LogP contribution is 2.35. The van der Waals surface area contributed by atoms with Crippen LogP contribution in [0.1, 0.15) is 17.3 Å². The standard InChI is InChI=1S/C15H18N2O4/c1-5-21-15(18)10-8-17-11-7-13(20-4)12(19-3)6-9(11)14(10)16-2/h6-8H,5H2,1-4H3,(H,16,17). The number of esters is 1. The van der Waals surface area contributed by atoms with E-state index in [-0.39, 0.29) is 0 Å². The zero-order valence-electron chi connectivity index (χ0n) is 12.5. The van der Waals surface area contributed by atoms with Crippen LogP contribution in [0.4, 0.5) is 5.69 Å². The fourth-order valence-electron chi connectivity index (χ4n) is 2.15. The Morgan fingerprint density at radius 3 is 2.48 bits per heavy atom. The van der Waals surface area contributed by atoms with Gasteiger partial charge in [-0.2, -0.15) is 0 Å². The van der Waals surface area contributed by atoms with Crippen molar-refractivity contribution in [1.29, 1.82) is 0 Å². The molecule has 0 atom stereocenters. The van der Waals surface area contributed by atoms with Crippen molar-refractivity contribution in [2.24, 2.45) is 0 Å². The molecule has 0 spiro atoms. The predicted molar refractivity (Wildman–Crippen MR) is 80.4 cm³/mol. The van der Waals surface area contributed by atoms with Crippen LogP contribution in [0.15, 0.2) is 18.3 Å². The van der Waals surface area contributed by atoms with Crippen molar-refractivity contribution in [3.05, 3.63) is 23.9 Å². The summed E-state index contributed by atoms with van der Waals surface area (Å²) in [4.78, 5) is 16.3. The Bertz CT molecular complexity index is 670. The molecule has 2 rings (SSSR count). The summed E-state index contributed by atoms with van der Waals surface area (Å²) in [5.41, 5.74) is 1.74. The molecule has 0 bridgehead atoms. The molecule has 2 aromatic rings. The quantitative estimate of drug-likeness (QED) is 0.853. The minimum atomic E-state index is -0.411. The second-order valence-corrected chi connectivity index (χ2v) is 4.24. The molecule has 1 aromatic heterocycles. The highest BCUT2D eigenvalue weighted by atomic mass is 16.5. The third kappa shape index (κ3) is 2.69. The molecule has 0 saturated carbocycles. The number of nitrogens with zero attached hydrogens (tertiary/aromatic N) is 1. The molecule has 0 unspecified atom stereocenters. The van der Waals surface area contributed by atoms with Crippen molar-refractivity contribution in [2.75, 3.05) is 33.2 Å². The fraction of sp³-hybridized carbons (Fsp3) is 0.333. The van der Waals surface area contributed by atoms with Gasteiger partial charge in [0.05, 0.1) is 32.0 Å². The van der Waals surface area contributed by atoms with Gasteiger partial charge in [0.25, 0.3) is 0 Å². The third-order valence-electron chi connectivity index (χ3n) is 3.12. The van der Waals surface area contributed by atoms with E-state index in [0.717, 1.165) is 5.39 Å². The number of aromatic nitrogens is 1. The van der Waals surface area contributed by atoms with Crippen molar-refractivity contribution < 1.29 is 19.0 Å². The van der Waals surface area contributed by atoms with Crippen LogP contribution in [-0.2, 0) is 4.74 Å². The van der Waals surface area contributed by atoms with Crippen molar-refractivity contribution in [3.8, 4) is 11.5 Å². The number of pyridine rings is 1. The van der Waals surface area contributed by atoms with Gasteiger partial charge in [-0.3, -0.25) is 4.98 Å². The molecule has 112 valence electrons. The molecule has 0 aliphatic heterocycles. The van der Waals surface area contributed by atoms with E-state index in [0.29, 0.717) is 34.9 Å². The SMILES string of the molecule is CCOC(=O)c1cnc2cc(OC)c(OC)cc2c1NC. The monoisotopic (exact) mass is 290 g/mol. The zero-order chi connectivity index (χ0) is 15.4. The van der Waals surface area contributed by atoms with E-state index in [1.807, 2.05) is 0 Å². The Morgan fingerprint density at radius 2 is 1.90 bits per heavy atom. The smallest absolute Gasteiger partial charge is 0.341 e. The third-order valence-corrected chi connectivity index (χ3v) is 3.12. The first-order chi connectivity index (χ1) is 10.2. The van der Waals surface area contributed by atoms with Crippen molar-refractivity contribution in [2.45, 2.75) is 6.92 Å². The van der Waals surface area contributed by atoms with Crippen molar-refractivity contribution >= 4 is 22.6 Å². The lowest BCUT2D eigenvalue weighted by Gasteiger charge is -2.14. The van der Waals surface area contributed by atoms with Gasteiger partial charge in [0.1, 0.15) is 5.56 Å². The van der Waals surface area contributed by atoms with E-state index < -0.39 is 5.97 Å². The summed E-state index contributed by atoms with van der Waals surface area (Å²) >= 11 is 0. The minimum absolute atomic E-state index is 0.311. The highest BCUT2D eigenvalue weighted by Gasteiger charge is 2.17. The normalized spacial score (nSPS) is 10.3. The maximum absolute atomic E-state index is 12.0. The number of carbonyl (C=O) groups is 1. The van der Waals surface area contributed by atoms with E-state index in [1.165, 1.54) is 6.20 Å². The average Bonchev–Trinajstić information content (AvgIpc) is 2.52. The van der Waals surface area contributed by atoms with Gasteiger partial charge < -0.3 is 19.5 Å². The molecule has 0 aliphatic rings. The van der Waals surface area contributed by atoms with E-state index in [4.69, 9.17) is 14.2 Å². The van der Waals surface area contributed by atoms with E-state index in [2.05, 4.69) is 10.3 Å². The summed E-state index contributed by atoms with van der Waals surface area (Å²) in [5, 5.41) is 3.79. The molecule has 6 nitrogen and oxygen atoms in total. The highest BCUT2D eigenvalue weighted by molar-refractivity contribution is 6.05. The molecular formula is C15H18N2O4. The second kappa shape index (κ2) is 6.30. The van der Waals surface area contributed by atoms with Crippen molar-refractivity contribution in [1.82, 2.24) is 4.98 Å². The molecule has 1 aromatic carbocycles. The summed E-state index contributed by atoms with van der Waals surface area (Å²) in [7, 11) is 4.87. The Kier molecular flexibility index (Phi) is 4.47. The number of fused-ring (bicyclic) bond motifs is 1. The number of anilines is 1. The molecule has 21 heavy (non-hydrogen) atoms. The number of carbonyl (C=O) groups excluding carboxylic acids is 1. The average molecular weight is 290 g/mol. The van der Waals surface area contributed by atoms with Crippen LogP contribution in [0, 0.1) is 0 Å². The molecule has 6 heteroatoms. The summed E-state index contributed by atoms with van der Waals surface area (Å²) in [6, 6.07) is 3.56. The molecular weight excluding hydrogens is 272 g/mol. The van der Waals surface area contributed by atoms with Crippen LogP contribution < -0.4 is 14.8 Å². The van der Waals surface area contributed by atoms with Gasteiger partial charge in [0, 0.05) is 24.7 Å². The Labute approximate surface area is 123 Å². The molecule has 0 aliphatic carbocycles. The van der Waals surface area contributed by atoms with Gasteiger partial charge in [0.15, 0.2) is 11.5 Å². The zero-order valence-corrected chi connectivity index (χ0v) is 12.5. The van der Waals surface area contributed by atoms with Crippen LogP contribution >= 0.6 is 0 Å². The Morgan fingerprint density at radius 1 is 1.24 bits per heavy atom. The van der Waals surface area contributed by atoms with Gasteiger partial charge in [-0.25, -0.2) is 4.79 Å². The number of hydrogen-bond donors (Lipinski definition) is 1. The first-order valence-corrected chi connectivity index (χ1v) is 6.55. The minimum Gasteiger partial charge on any atom is -0.493 e. The van der Waals surface area contributed by atoms with Gasteiger partial charge in [-0.1, -0.05) is 0 Å². The van der Waals surface area contributed by atoms with Crippen LogP contribution in [0.3, 0.4) is 0 Å². The molecule has 1 heterocycles. The Balaban J connectivity index is 2.68. The van der Waals surface area contributed by atoms with Gasteiger partial charge >= 0.3 is 5.97 Å². The number of methoxy groups -OCH3 is 2. The number of rotatable bonds is 5. The maximum atomic E-state index is 12.0. The van der Waals surface area contributed by atoms with Gasteiger partial charge in [0.2, 0.25) is 0 Å². The summed E-state index contributed by atoms with van der Waals surface area (Å²) in [6.07, 6.45) is 1.50. The van der Waals surface area contributed by atoms with Gasteiger partial charge in [-0.15, -0.1) is 0 Å². The first-order valence-electron chi connectivity index (χ1n) is 6.55. The summed E-state index contributed by atoms with van der Waals surface area (Å²) < 4.78 is 15.6. The lowest BCUT2D eigenvalue weighted by atomic mass is 10.1. The number of hydrogen-bond acceptors (Lipinski definition) is 6. The number of ether oxygens (including phenoxy) is 3. The lowest BCUT2D eigenvalue weighted by Crippen LogP contribution is -2.09. The van der Waals surface area contributed by atoms with Crippen LogP contribution in [0.2, 0.25) is 0 Å². The topological polar surface area (TPSA) is 69.7 Å². The molecule has 0 amide bonds. The predicted octanol–water partition coefficient (Wildman–Crippen LogP) is 2.47. The largest absolute Gasteiger partial charge is 0.493 e. The summed E-state index contributed by atoms with van der Waals surface area (Å²) in [5.74, 6) is 0.749. The first kappa shape index (κ1) is 14.9. The second-order valence-electron chi connectivity index (χ2n) is 4.24. The molecule has 0 radical (unpaired) electrons. The molecule has 1 N–H and O–H groups in total. The maximum Gasteiger partial charge on any atom is 0.341 e. The van der Waals surface area contributed by atoms with Crippen LogP contribution in [-0.4, -0.2) is 38.8 Å². The van der Waals surface area contributed by atoms with Gasteiger partial charge in [-0.05, 0) is 13.0 Å². The van der Waals surface area contributed by atoms with Crippen LogP contribution in [0.25, 0.3) is 10.9 Å². The summed E-state index contributed by atoms with van der Waals surface area (Å²) in [6.45, 7) is 2.07. The fourth-order valence-corrected chi connectivity index (χ4v) is 2.15. The van der Waals surface area contributed by atoms with Crippen molar-refractivity contribution in [3.63, 3.8) is 0 Å². The number of nitrogens with one attached hydrogen (secondary N) is 1. The Hall–Kier alpha value is -2.50. The lowest BCUT2D eigenvalue weighted by molar-refractivity contribution is 0.0527. The number of benzene rings is 1. The van der Waals surface area contributed by atoms with Crippen LogP contribution in [0.5, 0.6) is 11.5 Å². The molecule has 0 saturated heterocycles. The molecule has 0 fully saturated rings.